The number of hydrogen-bond acceptors (Lipinski definition) is 3. The first-order chi connectivity index (χ1) is 9.97. The van der Waals surface area contributed by atoms with Gasteiger partial charge in [-0.2, -0.15) is 0 Å². The molecule has 0 atom stereocenters. The quantitative estimate of drug-likeness (QED) is 0.753. The standard InChI is InChI=1S/C16H15NO4/c1-10-7-12(9-13(15(10)19)16(20)21)17-14(18)8-11-5-3-2-4-6-11/h2-7,9,19H,8H2,1H3,(H,17,18)(H,20,21). The Kier molecular flexibility index (Phi) is 4.23. The molecular weight excluding hydrogens is 270 g/mol. The summed E-state index contributed by atoms with van der Waals surface area (Å²) in [7, 11) is 0. The first kappa shape index (κ1) is 14.6. The third kappa shape index (κ3) is 3.60. The number of aromatic hydroxyl groups is 1. The average Bonchev–Trinajstić information content (AvgIpc) is 2.43. The fraction of sp³-hybridized carbons (Fsp3) is 0.125. The fourth-order valence-corrected chi connectivity index (χ4v) is 2.00. The maximum atomic E-state index is 11.9. The van der Waals surface area contributed by atoms with Crippen molar-refractivity contribution in [2.24, 2.45) is 0 Å². The lowest BCUT2D eigenvalue weighted by Gasteiger charge is -2.10. The van der Waals surface area contributed by atoms with E-state index in [0.717, 1.165) is 5.56 Å². The first-order valence-corrected chi connectivity index (χ1v) is 6.38. The van der Waals surface area contributed by atoms with Gasteiger partial charge in [-0.15, -0.1) is 0 Å². The zero-order chi connectivity index (χ0) is 15.4. The number of amides is 1. The van der Waals surface area contributed by atoms with E-state index in [0.29, 0.717) is 11.3 Å². The minimum atomic E-state index is -1.24. The molecule has 2 aromatic carbocycles. The van der Waals surface area contributed by atoms with Crippen LogP contribution in [0.25, 0.3) is 0 Å². The molecule has 0 aliphatic carbocycles. The van der Waals surface area contributed by atoms with Gasteiger partial charge in [0.05, 0.1) is 6.42 Å². The van der Waals surface area contributed by atoms with Crippen LogP contribution >= 0.6 is 0 Å². The molecule has 5 nitrogen and oxygen atoms in total. The number of carboxylic acids is 1. The predicted molar refractivity (Wildman–Crippen MR) is 78.6 cm³/mol. The number of anilines is 1. The van der Waals surface area contributed by atoms with Crippen molar-refractivity contribution in [3.05, 3.63) is 59.2 Å². The summed E-state index contributed by atoms with van der Waals surface area (Å²) in [6, 6.07) is 12.0. The Morgan fingerprint density at radius 1 is 1.14 bits per heavy atom. The molecule has 3 N–H and O–H groups in total. The normalized spacial score (nSPS) is 10.1. The number of phenols is 1. The summed E-state index contributed by atoms with van der Waals surface area (Å²) in [6.07, 6.45) is 0.198. The Morgan fingerprint density at radius 2 is 1.81 bits per heavy atom. The van der Waals surface area contributed by atoms with Gasteiger partial charge in [-0.05, 0) is 30.2 Å². The molecule has 21 heavy (non-hydrogen) atoms. The fourth-order valence-electron chi connectivity index (χ4n) is 2.00. The number of hydrogen-bond donors (Lipinski definition) is 3. The molecule has 0 aliphatic rings. The highest BCUT2D eigenvalue weighted by atomic mass is 16.4. The molecule has 108 valence electrons. The van der Waals surface area contributed by atoms with Gasteiger partial charge in [0.25, 0.3) is 0 Å². The highest BCUT2D eigenvalue weighted by Crippen LogP contribution is 2.26. The third-order valence-electron chi connectivity index (χ3n) is 3.02. The van der Waals surface area contributed by atoms with Crippen LogP contribution in [0.5, 0.6) is 5.75 Å². The van der Waals surface area contributed by atoms with E-state index in [1.54, 1.807) is 6.92 Å². The van der Waals surface area contributed by atoms with Crippen LogP contribution in [0.15, 0.2) is 42.5 Å². The lowest BCUT2D eigenvalue weighted by molar-refractivity contribution is -0.115. The Hall–Kier alpha value is -2.82. The maximum Gasteiger partial charge on any atom is 0.339 e. The minimum absolute atomic E-state index is 0.198. The van der Waals surface area contributed by atoms with E-state index in [9.17, 15) is 14.7 Å². The van der Waals surface area contributed by atoms with Crippen molar-refractivity contribution in [3.8, 4) is 5.75 Å². The zero-order valence-electron chi connectivity index (χ0n) is 11.5. The number of carbonyl (C=O) groups is 2. The molecule has 2 rings (SSSR count). The molecule has 1 amide bonds. The molecular formula is C16H15NO4. The number of carboxylic acid groups (broad SMARTS) is 1. The lowest BCUT2D eigenvalue weighted by atomic mass is 10.1. The second kappa shape index (κ2) is 6.09. The van der Waals surface area contributed by atoms with Crippen LogP contribution in [-0.4, -0.2) is 22.1 Å². The molecule has 0 saturated heterocycles. The van der Waals surface area contributed by atoms with Crippen molar-refractivity contribution >= 4 is 17.6 Å². The number of aryl methyl sites for hydroxylation is 1. The topological polar surface area (TPSA) is 86.6 Å². The molecule has 5 heteroatoms. The van der Waals surface area contributed by atoms with Crippen molar-refractivity contribution in [1.82, 2.24) is 0 Å². The van der Waals surface area contributed by atoms with Crippen LogP contribution in [0.3, 0.4) is 0 Å². The van der Waals surface area contributed by atoms with Crippen molar-refractivity contribution in [2.45, 2.75) is 13.3 Å². The van der Waals surface area contributed by atoms with Crippen LogP contribution in [0.4, 0.5) is 5.69 Å². The van der Waals surface area contributed by atoms with Crippen LogP contribution in [-0.2, 0) is 11.2 Å². The number of nitrogens with one attached hydrogen (secondary N) is 1. The Balaban J connectivity index is 2.16. The van der Waals surface area contributed by atoms with Gasteiger partial charge in [0, 0.05) is 5.69 Å². The second-order valence-electron chi connectivity index (χ2n) is 4.71. The Labute approximate surface area is 121 Å². The van der Waals surface area contributed by atoms with Crippen LogP contribution < -0.4 is 5.32 Å². The van der Waals surface area contributed by atoms with Crippen LogP contribution in [0.2, 0.25) is 0 Å². The molecule has 0 unspecified atom stereocenters. The second-order valence-corrected chi connectivity index (χ2v) is 4.71. The van der Waals surface area contributed by atoms with Gasteiger partial charge in [-0.3, -0.25) is 4.79 Å². The average molecular weight is 285 g/mol. The number of aromatic carboxylic acids is 1. The van der Waals surface area contributed by atoms with E-state index < -0.39 is 5.97 Å². The molecule has 0 spiro atoms. The van der Waals surface area contributed by atoms with Gasteiger partial charge >= 0.3 is 5.97 Å². The first-order valence-electron chi connectivity index (χ1n) is 6.38. The number of benzene rings is 2. The zero-order valence-corrected chi connectivity index (χ0v) is 11.5. The summed E-state index contributed by atoms with van der Waals surface area (Å²) in [5.74, 6) is -1.78. The van der Waals surface area contributed by atoms with E-state index in [1.807, 2.05) is 30.3 Å². The van der Waals surface area contributed by atoms with Crippen molar-refractivity contribution in [3.63, 3.8) is 0 Å². The molecule has 0 bridgehead atoms. The SMILES string of the molecule is Cc1cc(NC(=O)Cc2ccccc2)cc(C(=O)O)c1O. The maximum absolute atomic E-state index is 11.9. The van der Waals surface area contributed by atoms with Crippen molar-refractivity contribution < 1.29 is 19.8 Å². The molecule has 2 aromatic rings. The van der Waals surface area contributed by atoms with Gasteiger partial charge in [0.15, 0.2) is 0 Å². The highest BCUT2D eigenvalue weighted by Gasteiger charge is 2.14. The van der Waals surface area contributed by atoms with E-state index in [-0.39, 0.29) is 23.6 Å². The summed E-state index contributed by atoms with van der Waals surface area (Å²) in [6.45, 7) is 1.58. The van der Waals surface area contributed by atoms with Gasteiger partial charge < -0.3 is 15.5 Å². The molecule has 0 heterocycles. The van der Waals surface area contributed by atoms with Gasteiger partial charge in [-0.1, -0.05) is 30.3 Å². The van der Waals surface area contributed by atoms with Crippen LogP contribution in [0.1, 0.15) is 21.5 Å². The molecule has 0 aliphatic heterocycles. The van der Waals surface area contributed by atoms with Gasteiger partial charge in [0.2, 0.25) is 5.91 Å². The van der Waals surface area contributed by atoms with Gasteiger partial charge in [-0.25, -0.2) is 4.79 Å². The summed E-state index contributed by atoms with van der Waals surface area (Å²) < 4.78 is 0. The van der Waals surface area contributed by atoms with E-state index in [1.165, 1.54) is 12.1 Å². The summed E-state index contributed by atoms with van der Waals surface area (Å²) >= 11 is 0. The molecule has 0 aromatic heterocycles. The smallest absolute Gasteiger partial charge is 0.339 e. The molecule has 0 saturated carbocycles. The molecule has 0 fully saturated rings. The Morgan fingerprint density at radius 3 is 2.43 bits per heavy atom. The highest BCUT2D eigenvalue weighted by molar-refractivity contribution is 5.96. The molecule has 0 radical (unpaired) electrons. The summed E-state index contributed by atoms with van der Waals surface area (Å²) in [4.78, 5) is 23.0. The van der Waals surface area contributed by atoms with Crippen LogP contribution in [0, 0.1) is 6.92 Å². The minimum Gasteiger partial charge on any atom is -0.507 e. The largest absolute Gasteiger partial charge is 0.507 e. The predicted octanol–water partition coefficient (Wildman–Crippen LogP) is 2.58. The Bertz CT molecular complexity index is 680. The number of carbonyl (C=O) groups excluding carboxylic acids is 1. The van der Waals surface area contributed by atoms with E-state index in [4.69, 9.17) is 5.11 Å². The third-order valence-corrected chi connectivity index (χ3v) is 3.02. The summed E-state index contributed by atoms with van der Waals surface area (Å²) in [5.41, 5.74) is 1.38. The van der Waals surface area contributed by atoms with Gasteiger partial charge in [0.1, 0.15) is 11.3 Å². The number of rotatable bonds is 4. The van der Waals surface area contributed by atoms with E-state index >= 15 is 0 Å². The van der Waals surface area contributed by atoms with Crippen molar-refractivity contribution in [2.75, 3.05) is 5.32 Å². The monoisotopic (exact) mass is 285 g/mol. The lowest BCUT2D eigenvalue weighted by Crippen LogP contribution is -2.15. The van der Waals surface area contributed by atoms with E-state index in [2.05, 4.69) is 5.32 Å². The van der Waals surface area contributed by atoms with Crippen molar-refractivity contribution in [1.29, 1.82) is 0 Å². The summed E-state index contributed by atoms with van der Waals surface area (Å²) in [5, 5.41) is 21.3.